The number of hydrogen-bond acceptors (Lipinski definition) is 2. The number of unbranched alkanes of at least 4 members (excludes halogenated alkanes) is 2. The Kier molecular flexibility index (Phi) is 9.48. The van der Waals surface area contributed by atoms with Gasteiger partial charge >= 0.3 is 0 Å². The van der Waals surface area contributed by atoms with E-state index in [4.69, 9.17) is 4.74 Å². The first kappa shape index (κ1) is 18.3. The van der Waals surface area contributed by atoms with E-state index in [-0.39, 0.29) is 0 Å². The van der Waals surface area contributed by atoms with Gasteiger partial charge in [0.25, 0.3) is 0 Å². The Morgan fingerprint density at radius 3 is 2.52 bits per heavy atom. The van der Waals surface area contributed by atoms with Crippen molar-refractivity contribution < 1.29 is 4.74 Å². The zero-order valence-corrected chi connectivity index (χ0v) is 14.5. The van der Waals surface area contributed by atoms with E-state index in [2.05, 4.69) is 29.2 Å². The van der Waals surface area contributed by atoms with Gasteiger partial charge in [-0.15, -0.1) is 0 Å². The van der Waals surface area contributed by atoms with Crippen molar-refractivity contribution in [2.75, 3.05) is 40.9 Å². The number of methoxy groups -OCH3 is 1. The molecular formula is C17H35N3O. The Balaban J connectivity index is 2.18. The highest BCUT2D eigenvalue weighted by Gasteiger charge is 2.20. The molecule has 0 aromatic rings. The van der Waals surface area contributed by atoms with Gasteiger partial charge in [0.2, 0.25) is 0 Å². The van der Waals surface area contributed by atoms with E-state index >= 15 is 0 Å². The highest BCUT2D eigenvalue weighted by Crippen LogP contribution is 2.28. The normalized spacial score (nSPS) is 23.1. The first-order valence-electron chi connectivity index (χ1n) is 8.58. The van der Waals surface area contributed by atoms with Gasteiger partial charge in [0.1, 0.15) is 0 Å². The lowest BCUT2D eigenvalue weighted by Gasteiger charge is -2.31. The molecular weight excluding hydrogens is 262 g/mol. The molecule has 1 aliphatic rings. The molecule has 0 heterocycles. The smallest absolute Gasteiger partial charge is 0.193 e. The molecule has 1 fully saturated rings. The lowest BCUT2D eigenvalue weighted by Crippen LogP contribution is -2.42. The number of ether oxygens (including phenoxy) is 1. The zero-order valence-electron chi connectivity index (χ0n) is 14.5. The Bertz CT molecular complexity index is 286. The molecule has 21 heavy (non-hydrogen) atoms. The number of hydrogen-bond donors (Lipinski definition) is 1. The fraction of sp³-hybridized carbons (Fsp3) is 0.941. The summed E-state index contributed by atoms with van der Waals surface area (Å²) in [6.45, 7) is 5.39. The highest BCUT2D eigenvalue weighted by atomic mass is 16.5. The van der Waals surface area contributed by atoms with Crippen LogP contribution in [0.2, 0.25) is 0 Å². The maximum absolute atomic E-state index is 5.07. The van der Waals surface area contributed by atoms with E-state index < -0.39 is 0 Å². The van der Waals surface area contributed by atoms with Crippen LogP contribution < -0.4 is 5.32 Å². The molecule has 1 saturated carbocycles. The molecule has 124 valence electrons. The third-order valence-corrected chi connectivity index (χ3v) is 4.55. The number of aliphatic imine (C=N–C) groups is 1. The quantitative estimate of drug-likeness (QED) is 0.425. The second kappa shape index (κ2) is 10.9. The SMILES string of the molecule is CN=C(NCCCCCOC)N(C)CC1CCC(C)CC1. The van der Waals surface area contributed by atoms with Crippen LogP contribution >= 0.6 is 0 Å². The molecule has 1 aliphatic carbocycles. The summed E-state index contributed by atoms with van der Waals surface area (Å²) in [6, 6.07) is 0. The van der Waals surface area contributed by atoms with Gasteiger partial charge < -0.3 is 15.0 Å². The van der Waals surface area contributed by atoms with Crippen LogP contribution in [0.15, 0.2) is 4.99 Å². The summed E-state index contributed by atoms with van der Waals surface area (Å²) in [6.07, 6.45) is 9.07. The molecule has 0 aromatic heterocycles. The molecule has 1 rings (SSSR count). The van der Waals surface area contributed by atoms with Crippen molar-refractivity contribution in [1.29, 1.82) is 0 Å². The third-order valence-electron chi connectivity index (χ3n) is 4.55. The van der Waals surface area contributed by atoms with Gasteiger partial charge in [-0.3, -0.25) is 4.99 Å². The number of nitrogens with zero attached hydrogens (tertiary/aromatic N) is 2. The van der Waals surface area contributed by atoms with E-state index in [1.165, 1.54) is 38.5 Å². The summed E-state index contributed by atoms with van der Waals surface area (Å²) in [5, 5.41) is 3.48. The average molecular weight is 297 g/mol. The van der Waals surface area contributed by atoms with Gasteiger partial charge in [0, 0.05) is 40.9 Å². The van der Waals surface area contributed by atoms with Crippen LogP contribution in [0, 0.1) is 11.8 Å². The molecule has 0 aromatic carbocycles. The minimum Gasteiger partial charge on any atom is -0.385 e. The minimum atomic E-state index is 0.839. The zero-order chi connectivity index (χ0) is 15.5. The van der Waals surface area contributed by atoms with Gasteiger partial charge in [-0.25, -0.2) is 0 Å². The molecule has 0 amide bonds. The maximum Gasteiger partial charge on any atom is 0.193 e. The van der Waals surface area contributed by atoms with Crippen LogP contribution in [0.1, 0.15) is 51.9 Å². The number of rotatable bonds is 8. The van der Waals surface area contributed by atoms with E-state index in [0.717, 1.165) is 43.9 Å². The molecule has 0 aliphatic heterocycles. The molecule has 1 N–H and O–H groups in total. The van der Waals surface area contributed by atoms with Gasteiger partial charge in [-0.05, 0) is 43.9 Å². The van der Waals surface area contributed by atoms with Crippen LogP contribution in [0.25, 0.3) is 0 Å². The first-order chi connectivity index (χ1) is 10.2. The summed E-state index contributed by atoms with van der Waals surface area (Å²) in [5.41, 5.74) is 0. The molecule has 4 heteroatoms. The molecule has 0 bridgehead atoms. The van der Waals surface area contributed by atoms with Crippen molar-refractivity contribution in [1.82, 2.24) is 10.2 Å². The highest BCUT2D eigenvalue weighted by molar-refractivity contribution is 5.79. The van der Waals surface area contributed by atoms with Crippen LogP contribution in [0.3, 0.4) is 0 Å². The van der Waals surface area contributed by atoms with E-state index in [9.17, 15) is 0 Å². The van der Waals surface area contributed by atoms with Gasteiger partial charge in [-0.1, -0.05) is 19.8 Å². The van der Waals surface area contributed by atoms with Crippen molar-refractivity contribution in [2.24, 2.45) is 16.8 Å². The molecule has 0 unspecified atom stereocenters. The predicted octanol–water partition coefficient (Wildman–Crippen LogP) is 3.14. The second-order valence-electron chi connectivity index (χ2n) is 6.53. The Hall–Kier alpha value is -0.770. The Morgan fingerprint density at radius 1 is 1.19 bits per heavy atom. The molecule has 0 atom stereocenters. The monoisotopic (exact) mass is 297 g/mol. The summed E-state index contributed by atoms with van der Waals surface area (Å²) >= 11 is 0. The number of nitrogens with one attached hydrogen (secondary N) is 1. The fourth-order valence-electron chi connectivity index (χ4n) is 3.12. The summed E-state index contributed by atoms with van der Waals surface area (Å²) in [4.78, 5) is 6.71. The Labute approximate surface area is 131 Å². The first-order valence-corrected chi connectivity index (χ1v) is 8.58. The van der Waals surface area contributed by atoms with Crippen molar-refractivity contribution >= 4 is 5.96 Å². The topological polar surface area (TPSA) is 36.9 Å². The second-order valence-corrected chi connectivity index (χ2v) is 6.53. The minimum absolute atomic E-state index is 0.839. The van der Waals surface area contributed by atoms with E-state index in [1.54, 1.807) is 7.11 Å². The molecule has 0 radical (unpaired) electrons. The summed E-state index contributed by atoms with van der Waals surface area (Å²) < 4.78 is 5.07. The Morgan fingerprint density at radius 2 is 1.90 bits per heavy atom. The van der Waals surface area contributed by atoms with Crippen molar-refractivity contribution in [3.63, 3.8) is 0 Å². The third kappa shape index (κ3) is 7.70. The standard InChI is InChI=1S/C17H35N3O/c1-15-8-10-16(11-9-15)14-20(3)17(18-2)19-12-6-5-7-13-21-4/h15-16H,5-14H2,1-4H3,(H,18,19). The van der Waals surface area contributed by atoms with Crippen molar-refractivity contribution in [3.8, 4) is 0 Å². The number of guanidine groups is 1. The van der Waals surface area contributed by atoms with Crippen LogP contribution in [-0.2, 0) is 4.74 Å². The van der Waals surface area contributed by atoms with Crippen molar-refractivity contribution in [3.05, 3.63) is 0 Å². The molecule has 0 saturated heterocycles. The summed E-state index contributed by atoms with van der Waals surface area (Å²) in [5.74, 6) is 2.81. The van der Waals surface area contributed by atoms with E-state index in [0.29, 0.717) is 0 Å². The van der Waals surface area contributed by atoms with Crippen LogP contribution in [0.5, 0.6) is 0 Å². The molecule has 0 spiro atoms. The lowest BCUT2D eigenvalue weighted by molar-refractivity contribution is 0.192. The average Bonchev–Trinajstić information content (AvgIpc) is 2.49. The predicted molar refractivity (Wildman–Crippen MR) is 90.8 cm³/mol. The van der Waals surface area contributed by atoms with Gasteiger partial charge in [0.15, 0.2) is 5.96 Å². The van der Waals surface area contributed by atoms with Crippen LogP contribution in [-0.4, -0.2) is 51.8 Å². The summed E-state index contributed by atoms with van der Waals surface area (Å²) in [7, 11) is 5.81. The van der Waals surface area contributed by atoms with E-state index in [1.807, 2.05) is 7.05 Å². The fourth-order valence-corrected chi connectivity index (χ4v) is 3.12. The molecule has 4 nitrogen and oxygen atoms in total. The largest absolute Gasteiger partial charge is 0.385 e. The van der Waals surface area contributed by atoms with Crippen molar-refractivity contribution in [2.45, 2.75) is 51.9 Å². The lowest BCUT2D eigenvalue weighted by atomic mass is 9.83. The van der Waals surface area contributed by atoms with Crippen LogP contribution in [0.4, 0.5) is 0 Å². The maximum atomic E-state index is 5.07. The van der Waals surface area contributed by atoms with Gasteiger partial charge in [-0.2, -0.15) is 0 Å². The van der Waals surface area contributed by atoms with Gasteiger partial charge in [0.05, 0.1) is 0 Å².